The van der Waals surface area contributed by atoms with E-state index in [9.17, 15) is 13.2 Å². The monoisotopic (exact) mass is 228 g/mol. The number of halogens is 3. The molecule has 1 aromatic carbocycles. The highest BCUT2D eigenvalue weighted by atomic mass is 19.4. The maximum absolute atomic E-state index is 12.8. The maximum atomic E-state index is 12.8. The molecule has 0 aromatic heterocycles. The predicted octanol–water partition coefficient (Wildman–Crippen LogP) is 3.50. The van der Waals surface area contributed by atoms with E-state index in [4.69, 9.17) is 0 Å². The minimum atomic E-state index is -4.29. The van der Waals surface area contributed by atoms with Crippen molar-refractivity contribution in [1.29, 1.82) is 0 Å². The van der Waals surface area contributed by atoms with Crippen molar-refractivity contribution in [3.63, 3.8) is 0 Å². The first kappa shape index (κ1) is 11.3. The normalized spacial score (nSPS) is 17.6. The average molecular weight is 228 g/mol. The average Bonchev–Trinajstić information content (AvgIpc) is 2.29. The number of hydrogen-bond donors (Lipinski definition) is 0. The molecule has 0 atom stereocenters. The molecule has 1 radical (unpaired) electrons. The van der Waals surface area contributed by atoms with Crippen molar-refractivity contribution >= 4 is 5.69 Å². The van der Waals surface area contributed by atoms with Crippen LogP contribution in [-0.2, 0) is 6.18 Å². The third kappa shape index (κ3) is 2.31. The van der Waals surface area contributed by atoms with Crippen molar-refractivity contribution in [3.05, 3.63) is 29.8 Å². The summed E-state index contributed by atoms with van der Waals surface area (Å²) in [6.07, 6.45) is -1.24. The minimum absolute atomic E-state index is 0.297. The summed E-state index contributed by atoms with van der Waals surface area (Å²) in [6.45, 7) is 1.43. The fourth-order valence-corrected chi connectivity index (χ4v) is 2.06. The molecule has 1 aliphatic heterocycles. The molecule has 0 saturated carbocycles. The van der Waals surface area contributed by atoms with Gasteiger partial charge < -0.3 is 4.90 Å². The minimum Gasteiger partial charge on any atom is -0.371 e. The van der Waals surface area contributed by atoms with Crippen molar-refractivity contribution in [2.75, 3.05) is 18.0 Å². The van der Waals surface area contributed by atoms with Crippen molar-refractivity contribution in [3.8, 4) is 0 Å². The van der Waals surface area contributed by atoms with Gasteiger partial charge in [0.15, 0.2) is 0 Å². The summed E-state index contributed by atoms with van der Waals surface area (Å²) in [5.41, 5.74) is -0.275. The topological polar surface area (TPSA) is 3.24 Å². The van der Waals surface area contributed by atoms with Crippen LogP contribution in [-0.4, -0.2) is 13.1 Å². The quantitative estimate of drug-likeness (QED) is 0.711. The third-order valence-corrected chi connectivity index (χ3v) is 2.84. The van der Waals surface area contributed by atoms with Gasteiger partial charge in [0.05, 0.1) is 5.56 Å². The molecule has 1 aliphatic rings. The van der Waals surface area contributed by atoms with Crippen LogP contribution in [0.3, 0.4) is 0 Å². The van der Waals surface area contributed by atoms with Crippen LogP contribution < -0.4 is 4.90 Å². The summed E-state index contributed by atoms with van der Waals surface area (Å²) in [5, 5.41) is 0. The van der Waals surface area contributed by atoms with Crippen LogP contribution in [0, 0.1) is 6.07 Å². The number of nitrogens with zero attached hydrogens (tertiary/aromatic N) is 1. The third-order valence-electron chi connectivity index (χ3n) is 2.84. The van der Waals surface area contributed by atoms with E-state index in [1.807, 2.05) is 4.90 Å². The molecule has 87 valence electrons. The van der Waals surface area contributed by atoms with E-state index in [-0.39, 0.29) is 0 Å². The van der Waals surface area contributed by atoms with Crippen LogP contribution in [0.4, 0.5) is 18.9 Å². The number of hydrogen-bond acceptors (Lipinski definition) is 1. The molecular formula is C12H13F3N. The highest BCUT2D eigenvalue weighted by Crippen LogP contribution is 2.37. The lowest BCUT2D eigenvalue weighted by Gasteiger charge is -2.30. The second kappa shape index (κ2) is 4.36. The Hall–Kier alpha value is -1.19. The number of piperidine rings is 1. The Morgan fingerprint density at radius 2 is 1.81 bits per heavy atom. The molecule has 1 fully saturated rings. The van der Waals surface area contributed by atoms with Crippen molar-refractivity contribution in [2.24, 2.45) is 0 Å². The number of alkyl halides is 3. The van der Waals surface area contributed by atoms with Crippen molar-refractivity contribution < 1.29 is 13.2 Å². The van der Waals surface area contributed by atoms with Crippen LogP contribution in [0.1, 0.15) is 24.8 Å². The van der Waals surface area contributed by atoms with Gasteiger partial charge in [-0.15, -0.1) is 0 Å². The van der Waals surface area contributed by atoms with Gasteiger partial charge in [-0.25, -0.2) is 0 Å². The highest BCUT2D eigenvalue weighted by molar-refractivity contribution is 5.55. The highest BCUT2D eigenvalue weighted by Gasteiger charge is 2.34. The Kier molecular flexibility index (Phi) is 3.08. The van der Waals surface area contributed by atoms with Gasteiger partial charge >= 0.3 is 6.18 Å². The first-order valence-electron chi connectivity index (χ1n) is 5.41. The van der Waals surface area contributed by atoms with Gasteiger partial charge in [0, 0.05) is 18.8 Å². The number of rotatable bonds is 1. The predicted molar refractivity (Wildman–Crippen MR) is 56.3 cm³/mol. The second-order valence-electron chi connectivity index (χ2n) is 3.99. The second-order valence-corrected chi connectivity index (χ2v) is 3.99. The lowest BCUT2D eigenvalue weighted by molar-refractivity contribution is -0.137. The molecule has 0 spiro atoms. The molecule has 0 N–H and O–H groups in total. The number of benzene rings is 1. The molecule has 16 heavy (non-hydrogen) atoms. The summed E-state index contributed by atoms with van der Waals surface area (Å²) in [7, 11) is 0. The van der Waals surface area contributed by atoms with Crippen molar-refractivity contribution in [1.82, 2.24) is 0 Å². The van der Waals surface area contributed by atoms with E-state index in [1.165, 1.54) is 6.07 Å². The van der Waals surface area contributed by atoms with E-state index in [0.717, 1.165) is 25.3 Å². The Morgan fingerprint density at radius 1 is 1.12 bits per heavy atom. The van der Waals surface area contributed by atoms with Crippen LogP contribution in [0.2, 0.25) is 0 Å². The number of anilines is 1. The van der Waals surface area contributed by atoms with Crippen LogP contribution in [0.5, 0.6) is 0 Å². The molecule has 0 amide bonds. The molecular weight excluding hydrogens is 215 g/mol. The first-order chi connectivity index (χ1) is 7.59. The fraction of sp³-hybridized carbons (Fsp3) is 0.500. The molecule has 0 bridgehead atoms. The zero-order valence-corrected chi connectivity index (χ0v) is 8.85. The van der Waals surface area contributed by atoms with Gasteiger partial charge in [0.1, 0.15) is 0 Å². The Balaban J connectivity index is 2.32. The largest absolute Gasteiger partial charge is 0.418 e. The first-order valence-corrected chi connectivity index (χ1v) is 5.41. The van der Waals surface area contributed by atoms with Crippen LogP contribution >= 0.6 is 0 Å². The van der Waals surface area contributed by atoms with Crippen LogP contribution in [0.15, 0.2) is 18.2 Å². The smallest absolute Gasteiger partial charge is 0.371 e. The Bertz CT molecular complexity index is 354. The Labute approximate surface area is 92.9 Å². The van der Waals surface area contributed by atoms with Crippen LogP contribution in [0.25, 0.3) is 0 Å². The van der Waals surface area contributed by atoms with Gasteiger partial charge in [-0.2, -0.15) is 13.2 Å². The van der Waals surface area contributed by atoms with Gasteiger partial charge in [-0.3, -0.25) is 0 Å². The van der Waals surface area contributed by atoms with E-state index in [0.29, 0.717) is 18.8 Å². The standard InChI is InChI=1S/C12H13F3N/c13-12(14,15)10-6-2-3-7-11(10)16-8-4-1-5-9-16/h3,6-7H,1,4-5,8-9H2. The molecule has 2 rings (SSSR count). The summed E-state index contributed by atoms with van der Waals surface area (Å²) >= 11 is 0. The van der Waals surface area contributed by atoms with Gasteiger partial charge in [-0.1, -0.05) is 6.07 Å². The van der Waals surface area contributed by atoms with Gasteiger partial charge in [-0.05, 0) is 37.5 Å². The van der Waals surface area contributed by atoms with E-state index < -0.39 is 11.7 Å². The molecule has 1 aromatic rings. The summed E-state index contributed by atoms with van der Waals surface area (Å²) in [5.74, 6) is 0. The van der Waals surface area contributed by atoms with Crippen molar-refractivity contribution in [2.45, 2.75) is 25.4 Å². The van der Waals surface area contributed by atoms with Gasteiger partial charge in [0.25, 0.3) is 0 Å². The maximum Gasteiger partial charge on any atom is 0.418 e. The summed E-state index contributed by atoms with van der Waals surface area (Å²) in [4.78, 5) is 1.82. The van der Waals surface area contributed by atoms with E-state index in [2.05, 4.69) is 6.07 Å². The lowest BCUT2D eigenvalue weighted by Crippen LogP contribution is -2.31. The SMILES string of the molecule is FC(F)(F)c1c[c]ccc1N1CCCCC1. The van der Waals surface area contributed by atoms with E-state index in [1.54, 1.807) is 6.07 Å². The van der Waals surface area contributed by atoms with Gasteiger partial charge in [0.2, 0.25) is 0 Å². The zero-order chi connectivity index (χ0) is 11.6. The molecule has 1 nitrogen and oxygen atoms in total. The summed E-state index contributed by atoms with van der Waals surface area (Å²) < 4.78 is 38.3. The zero-order valence-electron chi connectivity index (χ0n) is 8.85. The molecule has 0 unspecified atom stereocenters. The molecule has 4 heteroatoms. The fourth-order valence-electron chi connectivity index (χ4n) is 2.06. The summed E-state index contributed by atoms with van der Waals surface area (Å²) in [6, 6.07) is 6.58. The molecule has 1 heterocycles. The Morgan fingerprint density at radius 3 is 2.44 bits per heavy atom. The lowest BCUT2D eigenvalue weighted by atomic mass is 10.1. The van der Waals surface area contributed by atoms with E-state index >= 15 is 0 Å². The molecule has 1 saturated heterocycles. The molecule has 0 aliphatic carbocycles.